The number of aromatic carboxylic acids is 1. The molecule has 1 aromatic rings. The summed E-state index contributed by atoms with van der Waals surface area (Å²) in [5.41, 5.74) is 0. The predicted octanol–water partition coefficient (Wildman–Crippen LogP) is -0.363. The number of sulfonamides is 1. The molecule has 1 atom stereocenters. The van der Waals surface area contributed by atoms with Crippen molar-refractivity contribution in [1.82, 2.24) is 4.72 Å². The van der Waals surface area contributed by atoms with Gasteiger partial charge in [-0.05, 0) is 19.1 Å². The quantitative estimate of drug-likeness (QED) is 0.655. The molecule has 0 aromatic carbocycles. The highest BCUT2D eigenvalue weighted by molar-refractivity contribution is 7.89. The van der Waals surface area contributed by atoms with Crippen molar-refractivity contribution in [1.29, 1.82) is 0 Å². The van der Waals surface area contributed by atoms with E-state index in [1.165, 1.54) is 6.92 Å². The molecule has 1 heterocycles. The summed E-state index contributed by atoms with van der Waals surface area (Å²) in [6, 6.07) is 1.40. The normalized spacial score (nSPS) is 13.6. The Morgan fingerprint density at radius 2 is 2.19 bits per heavy atom. The van der Waals surface area contributed by atoms with E-state index >= 15 is 0 Å². The number of aliphatic hydroxyl groups excluding tert-OH is 1. The molecule has 0 bridgehead atoms. The number of nitrogens with one attached hydrogen (secondary N) is 1. The van der Waals surface area contributed by atoms with Crippen LogP contribution in [-0.4, -0.2) is 37.2 Å². The largest absolute Gasteiger partial charge is 0.475 e. The highest BCUT2D eigenvalue weighted by atomic mass is 32.2. The Labute approximate surface area is 91.7 Å². The van der Waals surface area contributed by atoms with Gasteiger partial charge >= 0.3 is 5.97 Å². The highest BCUT2D eigenvalue weighted by Gasteiger charge is 2.22. The van der Waals surface area contributed by atoms with E-state index in [-0.39, 0.29) is 6.61 Å². The molecule has 3 N–H and O–H groups in total. The van der Waals surface area contributed by atoms with E-state index < -0.39 is 32.9 Å². The van der Waals surface area contributed by atoms with Crippen LogP contribution in [0.5, 0.6) is 0 Å². The molecule has 0 unspecified atom stereocenters. The second-order valence-corrected chi connectivity index (χ2v) is 4.77. The topological polar surface area (TPSA) is 117 Å². The first kappa shape index (κ1) is 12.7. The second kappa shape index (κ2) is 4.64. The first-order chi connectivity index (χ1) is 7.36. The molecule has 0 radical (unpaired) electrons. The molecular formula is C8H11NO6S. The lowest BCUT2D eigenvalue weighted by Gasteiger charge is -2.08. The van der Waals surface area contributed by atoms with Crippen LogP contribution < -0.4 is 4.72 Å². The molecule has 0 fully saturated rings. The number of hydrogen-bond donors (Lipinski definition) is 3. The smallest absolute Gasteiger partial charge is 0.371 e. The van der Waals surface area contributed by atoms with Crippen LogP contribution in [0, 0.1) is 0 Å². The van der Waals surface area contributed by atoms with E-state index in [4.69, 9.17) is 10.2 Å². The SMILES string of the molecule is C[C@H](CO)NS(=O)(=O)c1ccc(C(=O)O)o1. The van der Waals surface area contributed by atoms with Gasteiger partial charge < -0.3 is 14.6 Å². The first-order valence-corrected chi connectivity index (χ1v) is 5.81. The molecule has 0 saturated carbocycles. The monoisotopic (exact) mass is 249 g/mol. The number of furan rings is 1. The summed E-state index contributed by atoms with van der Waals surface area (Å²) in [7, 11) is -3.92. The van der Waals surface area contributed by atoms with E-state index in [1.54, 1.807) is 0 Å². The molecule has 0 aliphatic heterocycles. The standard InChI is InChI=1S/C8H11NO6S/c1-5(4-10)9-16(13,14)7-3-2-6(15-7)8(11)12/h2-3,5,9-10H,4H2,1H3,(H,11,12)/t5-/m1/s1. The van der Waals surface area contributed by atoms with Crippen LogP contribution in [0.1, 0.15) is 17.5 Å². The summed E-state index contributed by atoms with van der Waals surface area (Å²) >= 11 is 0. The predicted molar refractivity (Wildman–Crippen MR) is 52.5 cm³/mol. The fourth-order valence-corrected chi connectivity index (χ4v) is 2.11. The number of carbonyl (C=O) groups is 1. The Balaban J connectivity index is 2.94. The third-order valence-corrected chi connectivity index (χ3v) is 3.15. The lowest BCUT2D eigenvalue weighted by Crippen LogP contribution is -2.34. The van der Waals surface area contributed by atoms with Crippen molar-refractivity contribution in [3.63, 3.8) is 0 Å². The maximum Gasteiger partial charge on any atom is 0.371 e. The maximum absolute atomic E-state index is 11.5. The molecule has 16 heavy (non-hydrogen) atoms. The molecule has 0 aliphatic rings. The van der Waals surface area contributed by atoms with Gasteiger partial charge in [0.25, 0.3) is 10.0 Å². The van der Waals surface area contributed by atoms with Gasteiger partial charge in [-0.2, -0.15) is 0 Å². The van der Waals surface area contributed by atoms with Crippen molar-refractivity contribution in [2.75, 3.05) is 6.61 Å². The van der Waals surface area contributed by atoms with Crippen LogP contribution in [0.2, 0.25) is 0 Å². The molecule has 0 amide bonds. The van der Waals surface area contributed by atoms with Gasteiger partial charge in [-0.3, -0.25) is 0 Å². The summed E-state index contributed by atoms with van der Waals surface area (Å²) in [6.07, 6.45) is 0. The molecule has 1 aromatic heterocycles. The molecule has 0 aliphatic carbocycles. The minimum Gasteiger partial charge on any atom is -0.475 e. The van der Waals surface area contributed by atoms with Gasteiger partial charge in [0.15, 0.2) is 0 Å². The van der Waals surface area contributed by atoms with Crippen LogP contribution >= 0.6 is 0 Å². The van der Waals surface area contributed by atoms with E-state index in [0.717, 1.165) is 12.1 Å². The maximum atomic E-state index is 11.5. The fourth-order valence-electron chi connectivity index (χ4n) is 0.940. The van der Waals surface area contributed by atoms with E-state index in [0.29, 0.717) is 0 Å². The lowest BCUT2D eigenvalue weighted by molar-refractivity contribution is 0.0656. The molecule has 8 heteroatoms. The Hall–Kier alpha value is -1.38. The summed E-state index contributed by atoms with van der Waals surface area (Å²) in [5, 5.41) is 16.7. The fraction of sp³-hybridized carbons (Fsp3) is 0.375. The van der Waals surface area contributed by atoms with Gasteiger partial charge in [0.05, 0.1) is 6.61 Å². The average Bonchev–Trinajstić information content (AvgIpc) is 2.66. The number of aliphatic hydroxyl groups is 1. The molecule has 0 saturated heterocycles. The number of rotatable bonds is 5. The zero-order valence-corrected chi connectivity index (χ0v) is 9.19. The molecular weight excluding hydrogens is 238 g/mol. The third-order valence-electron chi connectivity index (χ3n) is 1.69. The summed E-state index contributed by atoms with van der Waals surface area (Å²) in [5.74, 6) is -1.81. The Morgan fingerprint density at radius 1 is 1.56 bits per heavy atom. The molecule has 7 nitrogen and oxygen atoms in total. The van der Waals surface area contributed by atoms with Crippen molar-refractivity contribution in [3.05, 3.63) is 17.9 Å². The number of carboxylic acids is 1. The van der Waals surface area contributed by atoms with Gasteiger partial charge in [-0.1, -0.05) is 0 Å². The van der Waals surface area contributed by atoms with Crippen molar-refractivity contribution in [2.24, 2.45) is 0 Å². The van der Waals surface area contributed by atoms with E-state index in [9.17, 15) is 13.2 Å². The van der Waals surface area contributed by atoms with Gasteiger partial charge in [-0.25, -0.2) is 17.9 Å². The lowest BCUT2D eigenvalue weighted by atomic mass is 10.4. The zero-order chi connectivity index (χ0) is 12.3. The summed E-state index contributed by atoms with van der Waals surface area (Å²) < 4.78 is 29.8. The van der Waals surface area contributed by atoms with Gasteiger partial charge in [0.1, 0.15) is 0 Å². The first-order valence-electron chi connectivity index (χ1n) is 4.33. The molecule has 1 rings (SSSR count). The molecule has 0 spiro atoms. The van der Waals surface area contributed by atoms with Crippen molar-refractivity contribution in [2.45, 2.75) is 18.1 Å². The number of carboxylic acid groups (broad SMARTS) is 1. The van der Waals surface area contributed by atoms with Gasteiger partial charge in [0.2, 0.25) is 10.9 Å². The van der Waals surface area contributed by atoms with Crippen molar-refractivity contribution < 1.29 is 27.8 Å². The minimum atomic E-state index is -3.92. The zero-order valence-electron chi connectivity index (χ0n) is 8.37. The van der Waals surface area contributed by atoms with Crippen LogP contribution in [0.25, 0.3) is 0 Å². The van der Waals surface area contributed by atoms with Crippen LogP contribution in [0.4, 0.5) is 0 Å². The Morgan fingerprint density at radius 3 is 2.62 bits per heavy atom. The summed E-state index contributed by atoms with van der Waals surface area (Å²) in [6.45, 7) is 1.09. The van der Waals surface area contributed by atoms with Gasteiger partial charge in [0, 0.05) is 6.04 Å². The molecule has 90 valence electrons. The third kappa shape index (κ3) is 2.81. The van der Waals surface area contributed by atoms with E-state index in [1.807, 2.05) is 0 Å². The van der Waals surface area contributed by atoms with Crippen LogP contribution in [0.3, 0.4) is 0 Å². The average molecular weight is 249 g/mol. The van der Waals surface area contributed by atoms with Crippen LogP contribution in [0.15, 0.2) is 21.6 Å². The second-order valence-electron chi connectivity index (χ2n) is 3.13. The Bertz CT molecular complexity index is 476. The van der Waals surface area contributed by atoms with Crippen LogP contribution in [-0.2, 0) is 10.0 Å². The van der Waals surface area contributed by atoms with Crippen molar-refractivity contribution in [3.8, 4) is 0 Å². The minimum absolute atomic E-state index is 0.369. The Kier molecular flexibility index (Phi) is 3.68. The highest BCUT2D eigenvalue weighted by Crippen LogP contribution is 2.13. The van der Waals surface area contributed by atoms with Gasteiger partial charge in [-0.15, -0.1) is 0 Å². The van der Waals surface area contributed by atoms with E-state index in [2.05, 4.69) is 9.14 Å². The summed E-state index contributed by atoms with van der Waals surface area (Å²) in [4.78, 5) is 10.5. The number of hydrogen-bond acceptors (Lipinski definition) is 5. The van der Waals surface area contributed by atoms with Crippen molar-refractivity contribution >= 4 is 16.0 Å².